The van der Waals surface area contributed by atoms with E-state index in [9.17, 15) is 18.0 Å². The number of thiocarbonyl (C=S) groups is 1. The molecule has 0 saturated carbocycles. The van der Waals surface area contributed by atoms with Crippen molar-refractivity contribution in [1.82, 2.24) is 4.98 Å². The highest BCUT2D eigenvalue weighted by Gasteiger charge is 2.38. The van der Waals surface area contributed by atoms with Crippen LogP contribution in [0.15, 0.2) is 18.3 Å². The van der Waals surface area contributed by atoms with E-state index in [1.807, 2.05) is 0 Å². The first-order valence-electron chi connectivity index (χ1n) is 6.32. The molecule has 0 aliphatic heterocycles. The maximum Gasteiger partial charge on any atom is 0.433 e. The number of nitrogens with zero attached hydrogens (tertiary/aromatic N) is 1. The standard InChI is InChI=1S/C13H16F3N3OS/c1-3-12(4-2,10(17)21)11(20)19-8-5-6-9(18-7-8)13(14,15)16/h5-7H,3-4H2,1-2H3,(H2,17,21)(H,19,20). The van der Waals surface area contributed by atoms with Crippen molar-refractivity contribution in [2.45, 2.75) is 32.9 Å². The Labute approximate surface area is 125 Å². The summed E-state index contributed by atoms with van der Waals surface area (Å²) in [6.45, 7) is 3.54. The molecule has 0 radical (unpaired) electrons. The first-order chi connectivity index (χ1) is 9.67. The first kappa shape index (κ1) is 17.4. The monoisotopic (exact) mass is 319 g/mol. The van der Waals surface area contributed by atoms with Crippen LogP contribution >= 0.6 is 12.2 Å². The van der Waals surface area contributed by atoms with E-state index in [4.69, 9.17) is 18.0 Å². The summed E-state index contributed by atoms with van der Waals surface area (Å²) in [4.78, 5) is 15.6. The Bertz CT molecular complexity index is 524. The molecule has 1 rings (SSSR count). The highest BCUT2D eigenvalue weighted by atomic mass is 32.1. The molecule has 21 heavy (non-hydrogen) atoms. The molecule has 0 bridgehead atoms. The van der Waals surface area contributed by atoms with Gasteiger partial charge in [-0.1, -0.05) is 26.1 Å². The number of pyridine rings is 1. The van der Waals surface area contributed by atoms with Crippen LogP contribution in [0.2, 0.25) is 0 Å². The number of carbonyl (C=O) groups excluding carboxylic acids is 1. The predicted molar refractivity (Wildman–Crippen MR) is 77.7 cm³/mol. The molecule has 0 spiro atoms. The predicted octanol–water partition coefficient (Wildman–Crippen LogP) is 3.13. The zero-order valence-corrected chi connectivity index (χ0v) is 12.4. The van der Waals surface area contributed by atoms with Gasteiger partial charge in [0.2, 0.25) is 5.91 Å². The van der Waals surface area contributed by atoms with E-state index < -0.39 is 23.2 Å². The van der Waals surface area contributed by atoms with Crippen LogP contribution in [0.5, 0.6) is 0 Å². The molecule has 0 fully saturated rings. The molecular weight excluding hydrogens is 303 g/mol. The topological polar surface area (TPSA) is 68.0 Å². The summed E-state index contributed by atoms with van der Waals surface area (Å²) in [5.74, 6) is -0.443. The Morgan fingerprint density at radius 1 is 1.33 bits per heavy atom. The second-order valence-corrected chi connectivity index (χ2v) is 4.98. The van der Waals surface area contributed by atoms with Crippen LogP contribution in [0, 0.1) is 5.41 Å². The van der Waals surface area contributed by atoms with Crippen molar-refractivity contribution in [2.24, 2.45) is 11.1 Å². The summed E-state index contributed by atoms with van der Waals surface area (Å²) in [5, 5.41) is 2.51. The molecule has 3 N–H and O–H groups in total. The quantitative estimate of drug-likeness (QED) is 0.818. The van der Waals surface area contributed by atoms with E-state index in [1.54, 1.807) is 13.8 Å². The van der Waals surface area contributed by atoms with Crippen LogP contribution in [0.25, 0.3) is 0 Å². The van der Waals surface area contributed by atoms with Crippen LogP contribution in [0.4, 0.5) is 18.9 Å². The van der Waals surface area contributed by atoms with Crippen LogP contribution in [0.1, 0.15) is 32.4 Å². The van der Waals surface area contributed by atoms with E-state index in [0.717, 1.165) is 18.3 Å². The number of nitrogens with one attached hydrogen (secondary N) is 1. The van der Waals surface area contributed by atoms with Gasteiger partial charge in [0, 0.05) is 0 Å². The number of aromatic nitrogens is 1. The Morgan fingerprint density at radius 2 is 1.90 bits per heavy atom. The molecule has 0 saturated heterocycles. The smallest absolute Gasteiger partial charge is 0.392 e. The van der Waals surface area contributed by atoms with Crippen molar-refractivity contribution in [3.8, 4) is 0 Å². The SMILES string of the molecule is CCC(CC)(C(=O)Nc1ccc(C(F)(F)F)nc1)C(N)=S. The number of hydrogen-bond donors (Lipinski definition) is 2. The van der Waals surface area contributed by atoms with Gasteiger partial charge in [0.25, 0.3) is 0 Å². The van der Waals surface area contributed by atoms with Crippen molar-refractivity contribution >= 4 is 28.8 Å². The fourth-order valence-electron chi connectivity index (χ4n) is 1.92. The summed E-state index contributed by atoms with van der Waals surface area (Å²) in [6.07, 6.45) is -2.76. The Hall–Kier alpha value is -1.70. The number of anilines is 1. The van der Waals surface area contributed by atoms with Crippen LogP contribution in [-0.2, 0) is 11.0 Å². The van der Waals surface area contributed by atoms with Gasteiger partial charge in [0.05, 0.1) is 22.3 Å². The number of carbonyl (C=O) groups is 1. The highest BCUT2D eigenvalue weighted by molar-refractivity contribution is 7.80. The lowest BCUT2D eigenvalue weighted by atomic mass is 9.81. The Morgan fingerprint density at radius 3 is 2.24 bits per heavy atom. The second kappa shape index (κ2) is 6.38. The molecule has 0 atom stereocenters. The number of amides is 1. The summed E-state index contributed by atoms with van der Waals surface area (Å²) in [5.41, 5.74) is 3.76. The van der Waals surface area contributed by atoms with Crippen molar-refractivity contribution < 1.29 is 18.0 Å². The Kier molecular flexibility index (Phi) is 5.27. The lowest BCUT2D eigenvalue weighted by molar-refractivity contribution is -0.141. The van der Waals surface area contributed by atoms with Gasteiger partial charge >= 0.3 is 6.18 Å². The molecule has 1 aromatic heterocycles. The number of rotatable bonds is 5. The molecule has 116 valence electrons. The fraction of sp³-hybridized carbons (Fsp3) is 0.462. The van der Waals surface area contributed by atoms with E-state index in [-0.39, 0.29) is 10.7 Å². The summed E-state index contributed by atoms with van der Waals surface area (Å²) in [7, 11) is 0. The van der Waals surface area contributed by atoms with Crippen LogP contribution in [0.3, 0.4) is 0 Å². The third kappa shape index (κ3) is 3.69. The third-order valence-corrected chi connectivity index (χ3v) is 3.82. The molecule has 0 aromatic carbocycles. The van der Waals surface area contributed by atoms with Gasteiger partial charge in [-0.15, -0.1) is 0 Å². The molecule has 1 aromatic rings. The van der Waals surface area contributed by atoms with Crippen molar-refractivity contribution in [3.05, 3.63) is 24.0 Å². The minimum absolute atomic E-state index is 0.0601. The van der Waals surface area contributed by atoms with Gasteiger partial charge in [-0.05, 0) is 25.0 Å². The van der Waals surface area contributed by atoms with Gasteiger partial charge < -0.3 is 11.1 Å². The summed E-state index contributed by atoms with van der Waals surface area (Å²) < 4.78 is 37.2. The summed E-state index contributed by atoms with van der Waals surface area (Å²) in [6, 6.07) is 1.94. The minimum Gasteiger partial charge on any atom is -0.392 e. The second-order valence-electron chi connectivity index (χ2n) is 4.54. The maximum atomic E-state index is 12.4. The zero-order chi connectivity index (χ0) is 16.3. The number of hydrogen-bond acceptors (Lipinski definition) is 3. The maximum absolute atomic E-state index is 12.4. The minimum atomic E-state index is -4.52. The molecule has 4 nitrogen and oxygen atoms in total. The van der Waals surface area contributed by atoms with Gasteiger partial charge in [-0.2, -0.15) is 13.2 Å². The fourth-order valence-corrected chi connectivity index (χ4v) is 2.30. The first-order valence-corrected chi connectivity index (χ1v) is 6.72. The van der Waals surface area contributed by atoms with Crippen molar-refractivity contribution in [1.29, 1.82) is 0 Å². The zero-order valence-electron chi connectivity index (χ0n) is 11.6. The number of nitrogens with two attached hydrogens (primary N) is 1. The molecular formula is C13H16F3N3OS. The van der Waals surface area contributed by atoms with E-state index >= 15 is 0 Å². The van der Waals surface area contributed by atoms with Crippen LogP contribution in [-0.4, -0.2) is 15.9 Å². The molecule has 0 aliphatic rings. The largest absolute Gasteiger partial charge is 0.433 e. The normalized spacial score (nSPS) is 12.0. The average molecular weight is 319 g/mol. The third-order valence-electron chi connectivity index (χ3n) is 3.43. The van der Waals surface area contributed by atoms with E-state index in [1.165, 1.54) is 0 Å². The van der Waals surface area contributed by atoms with Crippen molar-refractivity contribution in [2.75, 3.05) is 5.32 Å². The lowest BCUT2D eigenvalue weighted by Crippen LogP contribution is -2.45. The molecule has 1 heterocycles. The molecule has 0 unspecified atom stereocenters. The van der Waals surface area contributed by atoms with E-state index in [2.05, 4.69) is 10.3 Å². The number of alkyl halides is 3. The van der Waals surface area contributed by atoms with E-state index in [0.29, 0.717) is 12.8 Å². The molecule has 0 aliphatic carbocycles. The average Bonchev–Trinajstić information content (AvgIpc) is 2.40. The highest BCUT2D eigenvalue weighted by Crippen LogP contribution is 2.30. The van der Waals surface area contributed by atoms with Gasteiger partial charge in [0.1, 0.15) is 5.69 Å². The van der Waals surface area contributed by atoms with Gasteiger partial charge in [-0.3, -0.25) is 4.79 Å². The van der Waals surface area contributed by atoms with Gasteiger partial charge in [0.15, 0.2) is 0 Å². The summed E-state index contributed by atoms with van der Waals surface area (Å²) >= 11 is 4.94. The van der Waals surface area contributed by atoms with Crippen LogP contribution < -0.4 is 11.1 Å². The molecule has 1 amide bonds. The number of halogens is 3. The van der Waals surface area contributed by atoms with Crippen molar-refractivity contribution in [3.63, 3.8) is 0 Å². The Balaban J connectivity index is 2.95. The molecule has 8 heteroatoms. The van der Waals surface area contributed by atoms with Gasteiger partial charge in [-0.25, -0.2) is 4.98 Å². The lowest BCUT2D eigenvalue weighted by Gasteiger charge is -2.28.